The lowest BCUT2D eigenvalue weighted by atomic mass is 10.1. The van der Waals surface area contributed by atoms with Gasteiger partial charge in [0.2, 0.25) is 0 Å². The molecular weight excluding hydrogens is 314 g/mol. The van der Waals surface area contributed by atoms with E-state index in [9.17, 15) is 9.90 Å². The molecule has 0 unspecified atom stereocenters. The number of carbonyl (C=O) groups is 1. The van der Waals surface area contributed by atoms with Crippen LogP contribution >= 0.6 is 11.6 Å². The van der Waals surface area contributed by atoms with Gasteiger partial charge in [-0.1, -0.05) is 29.3 Å². The van der Waals surface area contributed by atoms with Crippen molar-refractivity contribution in [1.82, 2.24) is 4.57 Å². The molecule has 0 atom stereocenters. The maximum Gasteiger partial charge on any atom is 0.352 e. The number of hydrogen-bond donors (Lipinski definition) is 1. The molecule has 23 heavy (non-hydrogen) atoms. The second-order valence-electron chi connectivity index (χ2n) is 5.44. The molecule has 0 spiro atoms. The van der Waals surface area contributed by atoms with Gasteiger partial charge >= 0.3 is 5.97 Å². The maximum atomic E-state index is 11.6. The highest BCUT2D eigenvalue weighted by Crippen LogP contribution is 2.27. The van der Waals surface area contributed by atoms with E-state index >= 15 is 0 Å². The van der Waals surface area contributed by atoms with E-state index in [1.165, 1.54) is 0 Å². The fraction of sp³-hybridized carbons (Fsp3) is 0.167. The van der Waals surface area contributed by atoms with Gasteiger partial charge in [0, 0.05) is 21.5 Å². The Kier molecular flexibility index (Phi) is 4.01. The molecule has 0 aliphatic heterocycles. The van der Waals surface area contributed by atoms with Crippen molar-refractivity contribution in [3.8, 4) is 5.75 Å². The topological polar surface area (TPSA) is 51.5 Å². The summed E-state index contributed by atoms with van der Waals surface area (Å²) >= 11 is 6.01. The lowest BCUT2D eigenvalue weighted by molar-refractivity contribution is 0.0686. The number of nitrogens with zero attached hydrogens (tertiary/aromatic N) is 1. The Balaban J connectivity index is 2.17. The second kappa shape index (κ2) is 5.97. The summed E-state index contributed by atoms with van der Waals surface area (Å²) in [5, 5.41) is 10.9. The minimum absolute atomic E-state index is 0.228. The van der Waals surface area contributed by atoms with Gasteiger partial charge < -0.3 is 14.4 Å². The number of aromatic nitrogens is 1. The van der Waals surface area contributed by atoms with E-state index in [4.69, 9.17) is 16.3 Å². The molecule has 3 aromatic rings. The summed E-state index contributed by atoms with van der Waals surface area (Å²) in [6.07, 6.45) is 0. The highest BCUT2D eigenvalue weighted by Gasteiger charge is 2.16. The van der Waals surface area contributed by atoms with E-state index in [1.807, 2.05) is 31.2 Å². The number of benzene rings is 2. The van der Waals surface area contributed by atoms with Crippen LogP contribution in [-0.2, 0) is 6.54 Å². The van der Waals surface area contributed by atoms with Crippen LogP contribution in [0.3, 0.4) is 0 Å². The number of rotatable bonds is 4. The quantitative estimate of drug-likeness (QED) is 0.773. The molecule has 118 valence electrons. The van der Waals surface area contributed by atoms with Gasteiger partial charge in [-0.3, -0.25) is 0 Å². The molecule has 0 amide bonds. The maximum absolute atomic E-state index is 11.6. The Hall–Kier alpha value is -2.46. The number of hydrogen-bond acceptors (Lipinski definition) is 2. The first-order chi connectivity index (χ1) is 11.0. The SMILES string of the molecule is COc1ccc(C)cc1Cn1c(C(=O)O)cc2cc(Cl)ccc21. The van der Waals surface area contributed by atoms with Gasteiger partial charge in [-0.15, -0.1) is 0 Å². The molecule has 0 fully saturated rings. The van der Waals surface area contributed by atoms with Crippen LogP contribution in [0.4, 0.5) is 0 Å². The molecule has 0 radical (unpaired) electrons. The third kappa shape index (κ3) is 2.90. The van der Waals surface area contributed by atoms with Gasteiger partial charge in [-0.2, -0.15) is 0 Å². The van der Waals surface area contributed by atoms with Gasteiger partial charge in [0.15, 0.2) is 0 Å². The third-order valence-corrected chi connectivity index (χ3v) is 4.08. The van der Waals surface area contributed by atoms with Crippen molar-refractivity contribution in [3.63, 3.8) is 0 Å². The predicted octanol–water partition coefficient (Wildman–Crippen LogP) is 4.36. The first-order valence-corrected chi connectivity index (χ1v) is 7.53. The van der Waals surface area contributed by atoms with E-state index in [2.05, 4.69) is 0 Å². The molecule has 5 heteroatoms. The van der Waals surface area contributed by atoms with Crippen LogP contribution in [0, 0.1) is 6.92 Å². The van der Waals surface area contributed by atoms with Crippen molar-refractivity contribution in [3.05, 3.63) is 64.3 Å². The first kappa shape index (κ1) is 15.4. The highest BCUT2D eigenvalue weighted by molar-refractivity contribution is 6.31. The summed E-state index contributed by atoms with van der Waals surface area (Å²) in [5.74, 6) is -0.230. The Morgan fingerprint density at radius 1 is 1.22 bits per heavy atom. The van der Waals surface area contributed by atoms with Crippen molar-refractivity contribution >= 4 is 28.5 Å². The van der Waals surface area contributed by atoms with Crippen LogP contribution in [0.5, 0.6) is 5.75 Å². The average Bonchev–Trinajstić information content (AvgIpc) is 2.85. The molecule has 4 nitrogen and oxygen atoms in total. The zero-order valence-electron chi connectivity index (χ0n) is 12.8. The molecule has 0 aliphatic rings. The number of carboxylic acids is 1. The number of methoxy groups -OCH3 is 1. The lowest BCUT2D eigenvalue weighted by Crippen LogP contribution is -2.10. The van der Waals surface area contributed by atoms with E-state index in [1.54, 1.807) is 29.9 Å². The van der Waals surface area contributed by atoms with Crippen LogP contribution in [0.25, 0.3) is 10.9 Å². The summed E-state index contributed by atoms with van der Waals surface area (Å²) in [6.45, 7) is 2.41. The van der Waals surface area contributed by atoms with Crippen molar-refractivity contribution in [2.75, 3.05) is 7.11 Å². The highest BCUT2D eigenvalue weighted by atomic mass is 35.5. The zero-order valence-corrected chi connectivity index (χ0v) is 13.6. The van der Waals surface area contributed by atoms with E-state index in [-0.39, 0.29) is 5.69 Å². The molecule has 0 bridgehead atoms. The van der Waals surface area contributed by atoms with Crippen molar-refractivity contribution in [2.24, 2.45) is 0 Å². The number of carboxylic acid groups (broad SMARTS) is 1. The molecule has 1 N–H and O–H groups in total. The summed E-state index contributed by atoms with van der Waals surface area (Å²) in [7, 11) is 1.61. The number of aromatic carboxylic acids is 1. The summed E-state index contributed by atoms with van der Waals surface area (Å²) < 4.78 is 7.17. The van der Waals surface area contributed by atoms with Crippen LogP contribution in [0.2, 0.25) is 5.02 Å². The molecule has 1 heterocycles. The van der Waals surface area contributed by atoms with Crippen molar-refractivity contribution in [1.29, 1.82) is 0 Å². The number of halogens is 1. The normalized spacial score (nSPS) is 10.9. The largest absolute Gasteiger partial charge is 0.496 e. The average molecular weight is 330 g/mol. The van der Waals surface area contributed by atoms with Crippen molar-refractivity contribution in [2.45, 2.75) is 13.5 Å². The molecule has 3 rings (SSSR count). The van der Waals surface area contributed by atoms with Gasteiger partial charge in [0.1, 0.15) is 11.4 Å². The van der Waals surface area contributed by atoms with Crippen molar-refractivity contribution < 1.29 is 14.6 Å². The smallest absolute Gasteiger partial charge is 0.352 e. The van der Waals surface area contributed by atoms with Gasteiger partial charge in [0.05, 0.1) is 13.7 Å². The molecule has 1 aromatic heterocycles. The minimum atomic E-state index is -0.969. The van der Waals surface area contributed by atoms with E-state index in [0.29, 0.717) is 11.6 Å². The van der Waals surface area contributed by atoms with Crippen LogP contribution in [0.1, 0.15) is 21.6 Å². The lowest BCUT2D eigenvalue weighted by Gasteiger charge is -2.13. The Morgan fingerprint density at radius 2 is 2.00 bits per heavy atom. The number of ether oxygens (including phenoxy) is 1. The predicted molar refractivity (Wildman–Crippen MR) is 90.7 cm³/mol. The van der Waals surface area contributed by atoms with E-state index in [0.717, 1.165) is 27.8 Å². The Bertz CT molecular complexity index is 899. The second-order valence-corrected chi connectivity index (χ2v) is 5.88. The van der Waals surface area contributed by atoms with Crippen LogP contribution in [-0.4, -0.2) is 22.8 Å². The van der Waals surface area contributed by atoms with E-state index < -0.39 is 5.97 Å². The molecule has 0 aliphatic carbocycles. The minimum Gasteiger partial charge on any atom is -0.496 e. The van der Waals surface area contributed by atoms with Gasteiger partial charge in [-0.25, -0.2) is 4.79 Å². The molecular formula is C18H16ClNO3. The van der Waals surface area contributed by atoms with Gasteiger partial charge in [-0.05, 0) is 37.3 Å². The summed E-state index contributed by atoms with van der Waals surface area (Å²) in [4.78, 5) is 11.6. The Labute approximate surface area is 138 Å². The summed E-state index contributed by atoms with van der Waals surface area (Å²) in [5.41, 5.74) is 3.08. The first-order valence-electron chi connectivity index (χ1n) is 7.15. The van der Waals surface area contributed by atoms with Crippen LogP contribution < -0.4 is 4.74 Å². The fourth-order valence-electron chi connectivity index (χ4n) is 2.79. The summed E-state index contributed by atoms with van der Waals surface area (Å²) in [6, 6.07) is 12.9. The van der Waals surface area contributed by atoms with Crippen LogP contribution in [0.15, 0.2) is 42.5 Å². The van der Waals surface area contributed by atoms with Gasteiger partial charge in [0.25, 0.3) is 0 Å². The molecule has 0 saturated heterocycles. The molecule has 0 saturated carbocycles. The number of aryl methyl sites for hydroxylation is 1. The number of fused-ring (bicyclic) bond motifs is 1. The Morgan fingerprint density at radius 3 is 2.70 bits per heavy atom. The zero-order chi connectivity index (χ0) is 16.6. The third-order valence-electron chi connectivity index (χ3n) is 3.85. The fourth-order valence-corrected chi connectivity index (χ4v) is 2.97. The molecule has 2 aromatic carbocycles. The standard InChI is InChI=1S/C18H16ClNO3/c1-11-3-6-17(23-2)13(7-11)10-20-15-5-4-14(19)8-12(15)9-16(20)18(21)22/h3-9H,10H2,1-2H3,(H,21,22). The monoisotopic (exact) mass is 329 g/mol.